The number of azide groups is 1. The van der Waals surface area contributed by atoms with Crippen LogP contribution in [0.15, 0.2) is 96.1 Å². The molecule has 1 aliphatic heterocycles. The Balaban J connectivity index is 1.52. The molecule has 4 rings (SSSR count). The molecule has 0 N–H and O–H groups in total. The van der Waals surface area contributed by atoms with Crippen molar-refractivity contribution in [1.82, 2.24) is 0 Å². The summed E-state index contributed by atoms with van der Waals surface area (Å²) in [6.45, 7) is 1.47. The Bertz CT molecular complexity index is 1070. The molecule has 0 aliphatic carbocycles. The molecule has 5 atom stereocenters. The van der Waals surface area contributed by atoms with E-state index in [9.17, 15) is 5.53 Å². The maximum Gasteiger partial charge on any atom is 0.124 e. The predicted molar refractivity (Wildman–Crippen MR) is 137 cm³/mol. The molecule has 182 valence electrons. The monoisotopic (exact) mass is 537 g/mol. The van der Waals surface area contributed by atoms with Crippen molar-refractivity contribution < 1.29 is 18.9 Å². The van der Waals surface area contributed by atoms with Gasteiger partial charge in [0, 0.05) is 4.91 Å². The van der Waals surface area contributed by atoms with Gasteiger partial charge in [0.15, 0.2) is 0 Å². The van der Waals surface area contributed by atoms with Crippen molar-refractivity contribution >= 4 is 15.9 Å². The Labute approximate surface area is 213 Å². The zero-order valence-electron chi connectivity index (χ0n) is 19.2. The summed E-state index contributed by atoms with van der Waals surface area (Å²) in [6.07, 6.45) is -1.49. The molecule has 0 bridgehead atoms. The molecule has 3 aromatic carbocycles. The molecular formula is C27H28BrN3O4. The third kappa shape index (κ3) is 7.39. The first kappa shape index (κ1) is 25.4. The van der Waals surface area contributed by atoms with Crippen LogP contribution in [0.3, 0.4) is 0 Å². The molecular weight excluding hydrogens is 510 g/mol. The summed E-state index contributed by atoms with van der Waals surface area (Å²) in [5, 5.41) is 3.45. The smallest absolute Gasteiger partial charge is 0.124 e. The average molecular weight is 538 g/mol. The van der Waals surface area contributed by atoms with Gasteiger partial charge in [0.25, 0.3) is 0 Å². The second-order valence-electron chi connectivity index (χ2n) is 8.24. The van der Waals surface area contributed by atoms with Crippen molar-refractivity contribution in [1.29, 1.82) is 0 Å². The van der Waals surface area contributed by atoms with E-state index in [0.717, 1.165) is 16.7 Å². The molecule has 3 aromatic rings. The molecule has 0 spiro atoms. The molecule has 0 radical (unpaired) electrons. The van der Waals surface area contributed by atoms with Crippen LogP contribution in [0, 0.1) is 0 Å². The largest absolute Gasteiger partial charge is 0.374 e. The van der Waals surface area contributed by atoms with Gasteiger partial charge in [-0.1, -0.05) is 112 Å². The molecule has 8 heteroatoms. The Hall–Kier alpha value is -2.71. The molecule has 0 unspecified atom stereocenters. The van der Waals surface area contributed by atoms with Gasteiger partial charge in [-0.3, -0.25) is 0 Å². The van der Waals surface area contributed by atoms with Crippen LogP contribution in [0.1, 0.15) is 16.7 Å². The molecule has 0 saturated carbocycles. The van der Waals surface area contributed by atoms with Crippen molar-refractivity contribution in [2.75, 3.05) is 6.61 Å². The summed E-state index contributed by atoms with van der Waals surface area (Å²) in [7, 11) is 0. The van der Waals surface area contributed by atoms with Gasteiger partial charge in [-0.2, -0.15) is 0 Å². The summed E-state index contributed by atoms with van der Waals surface area (Å²) < 4.78 is 24.9. The van der Waals surface area contributed by atoms with E-state index in [0.29, 0.717) is 26.4 Å². The lowest BCUT2D eigenvalue weighted by Gasteiger charge is -2.43. The second kappa shape index (κ2) is 13.4. The van der Waals surface area contributed by atoms with Gasteiger partial charge in [-0.05, 0) is 22.2 Å². The van der Waals surface area contributed by atoms with Gasteiger partial charge in [-0.25, -0.2) is 0 Å². The summed E-state index contributed by atoms with van der Waals surface area (Å²) >= 11 is 3.55. The zero-order valence-corrected chi connectivity index (χ0v) is 20.8. The molecule has 7 nitrogen and oxygen atoms in total. The fourth-order valence-electron chi connectivity index (χ4n) is 3.99. The molecule has 1 fully saturated rings. The topological polar surface area (TPSA) is 85.7 Å². The predicted octanol–water partition coefficient (Wildman–Crippen LogP) is 6.17. The van der Waals surface area contributed by atoms with Crippen LogP contribution >= 0.6 is 15.9 Å². The molecule has 35 heavy (non-hydrogen) atoms. The van der Waals surface area contributed by atoms with E-state index >= 15 is 0 Å². The SMILES string of the molecule is [N-]=[N+]=N[C@@H]1[C@@H](OCc2ccccc2)[C@H](OCc2ccccc2)[C@@H](COCc2ccccc2)O[C@@H]1Br. The highest BCUT2D eigenvalue weighted by atomic mass is 79.9. The van der Waals surface area contributed by atoms with E-state index in [4.69, 9.17) is 18.9 Å². The van der Waals surface area contributed by atoms with Gasteiger partial charge in [0.05, 0.1) is 32.5 Å². The van der Waals surface area contributed by atoms with E-state index in [2.05, 4.69) is 26.0 Å². The van der Waals surface area contributed by atoms with Crippen molar-refractivity contribution in [3.63, 3.8) is 0 Å². The van der Waals surface area contributed by atoms with E-state index in [1.807, 2.05) is 91.0 Å². The van der Waals surface area contributed by atoms with Crippen LogP contribution in [0.2, 0.25) is 0 Å². The Morgan fingerprint density at radius 1 is 0.743 bits per heavy atom. The third-order valence-corrected chi connectivity index (χ3v) is 6.51. The molecule has 1 heterocycles. The Kier molecular flexibility index (Phi) is 9.72. The molecule has 1 aliphatic rings. The fourth-order valence-corrected chi connectivity index (χ4v) is 4.67. The van der Waals surface area contributed by atoms with Crippen molar-refractivity contribution in [3.05, 3.63) is 118 Å². The third-order valence-electron chi connectivity index (χ3n) is 5.75. The number of benzene rings is 3. The van der Waals surface area contributed by atoms with Gasteiger partial charge in [0.1, 0.15) is 23.3 Å². The summed E-state index contributed by atoms with van der Waals surface area (Å²) in [4.78, 5) is 3.04. The minimum Gasteiger partial charge on any atom is -0.374 e. The number of ether oxygens (including phenoxy) is 4. The van der Waals surface area contributed by atoms with Crippen LogP contribution in [-0.4, -0.2) is 36.0 Å². The van der Waals surface area contributed by atoms with E-state index in [1.54, 1.807) is 0 Å². The quantitative estimate of drug-likeness (QED) is 0.126. The zero-order chi connectivity index (χ0) is 24.3. The highest BCUT2D eigenvalue weighted by Gasteiger charge is 2.46. The minimum absolute atomic E-state index is 0.296. The van der Waals surface area contributed by atoms with E-state index < -0.39 is 29.4 Å². The van der Waals surface area contributed by atoms with E-state index in [-0.39, 0.29) is 0 Å². The molecule has 0 amide bonds. The lowest BCUT2D eigenvalue weighted by atomic mass is 9.98. The average Bonchev–Trinajstić information content (AvgIpc) is 2.90. The highest BCUT2D eigenvalue weighted by Crippen LogP contribution is 2.32. The van der Waals surface area contributed by atoms with Gasteiger partial charge in [0.2, 0.25) is 0 Å². The van der Waals surface area contributed by atoms with Crippen LogP contribution in [0.5, 0.6) is 0 Å². The van der Waals surface area contributed by atoms with Gasteiger partial charge < -0.3 is 18.9 Å². The number of halogens is 1. The minimum atomic E-state index is -0.616. The normalized spacial score (nSPS) is 24.0. The van der Waals surface area contributed by atoms with Gasteiger partial charge >= 0.3 is 0 Å². The Morgan fingerprint density at radius 3 is 1.74 bits per heavy atom. The van der Waals surface area contributed by atoms with Crippen molar-refractivity contribution in [2.45, 2.75) is 49.2 Å². The first-order valence-corrected chi connectivity index (χ1v) is 12.4. The van der Waals surface area contributed by atoms with Crippen LogP contribution in [-0.2, 0) is 38.8 Å². The van der Waals surface area contributed by atoms with Crippen LogP contribution in [0.4, 0.5) is 0 Å². The number of alkyl halides is 1. The first-order chi connectivity index (χ1) is 17.2. The van der Waals surface area contributed by atoms with Crippen molar-refractivity contribution in [3.8, 4) is 0 Å². The van der Waals surface area contributed by atoms with Crippen LogP contribution in [0.25, 0.3) is 10.4 Å². The number of hydrogen-bond acceptors (Lipinski definition) is 5. The maximum absolute atomic E-state index is 9.23. The summed E-state index contributed by atoms with van der Waals surface area (Å²) in [5.41, 5.74) is 12.3. The standard InChI is InChI=1S/C27H28BrN3O4/c28-27-24(30-31-29)26(34-18-22-14-8-3-9-15-22)25(33-17-21-12-6-2-7-13-21)23(35-27)19-32-16-20-10-4-1-5-11-20/h1-15,23-27H,16-19H2/t23-,24-,25-,26-,27+/m1/s1. The number of rotatable bonds is 11. The summed E-state index contributed by atoms with van der Waals surface area (Å²) in [6, 6.07) is 29.1. The first-order valence-electron chi connectivity index (χ1n) is 11.5. The Morgan fingerprint density at radius 2 is 1.23 bits per heavy atom. The van der Waals surface area contributed by atoms with Crippen LogP contribution < -0.4 is 0 Å². The molecule has 1 saturated heterocycles. The molecule has 0 aromatic heterocycles. The second-order valence-corrected chi connectivity index (χ2v) is 9.15. The van der Waals surface area contributed by atoms with E-state index in [1.165, 1.54) is 0 Å². The number of nitrogens with zero attached hydrogens (tertiary/aromatic N) is 3. The van der Waals surface area contributed by atoms with Gasteiger partial charge in [-0.15, -0.1) is 0 Å². The number of hydrogen-bond donors (Lipinski definition) is 0. The summed E-state index contributed by atoms with van der Waals surface area (Å²) in [5.74, 6) is 0. The highest BCUT2D eigenvalue weighted by molar-refractivity contribution is 9.09. The lowest BCUT2D eigenvalue weighted by Crippen LogP contribution is -2.58. The lowest BCUT2D eigenvalue weighted by molar-refractivity contribution is -0.210. The fraction of sp³-hybridized carbons (Fsp3) is 0.333. The maximum atomic E-state index is 9.23. The van der Waals surface area contributed by atoms with Crippen molar-refractivity contribution in [2.24, 2.45) is 5.11 Å².